The van der Waals surface area contributed by atoms with Crippen LogP contribution in [0.2, 0.25) is 0 Å². The molecule has 0 radical (unpaired) electrons. The molecule has 1 saturated carbocycles. The number of morpholine rings is 1. The first-order valence-electron chi connectivity index (χ1n) is 11.3. The van der Waals surface area contributed by atoms with Gasteiger partial charge in [0.15, 0.2) is 5.96 Å². The lowest BCUT2D eigenvalue weighted by Crippen LogP contribution is -2.40. The SMILES string of the molecule is CN=C(NCc1cccc(OCCN2CCOCC2)c1)NCC1(c2ccccc2)CC1.I. The summed E-state index contributed by atoms with van der Waals surface area (Å²) in [5.74, 6) is 1.75. The molecule has 0 aromatic heterocycles. The van der Waals surface area contributed by atoms with Crippen LogP contribution in [0.5, 0.6) is 5.75 Å². The first-order valence-corrected chi connectivity index (χ1v) is 11.3. The molecule has 174 valence electrons. The van der Waals surface area contributed by atoms with Crippen LogP contribution >= 0.6 is 24.0 Å². The van der Waals surface area contributed by atoms with Crippen molar-refractivity contribution < 1.29 is 9.47 Å². The van der Waals surface area contributed by atoms with Gasteiger partial charge in [-0.15, -0.1) is 24.0 Å². The van der Waals surface area contributed by atoms with Crippen molar-refractivity contribution in [2.45, 2.75) is 24.8 Å². The predicted molar refractivity (Wildman–Crippen MR) is 140 cm³/mol. The Morgan fingerprint density at radius 2 is 1.84 bits per heavy atom. The topological polar surface area (TPSA) is 58.1 Å². The molecular weight excluding hydrogens is 515 g/mol. The second-order valence-electron chi connectivity index (χ2n) is 8.38. The average Bonchev–Trinajstić information content (AvgIpc) is 3.62. The van der Waals surface area contributed by atoms with E-state index >= 15 is 0 Å². The van der Waals surface area contributed by atoms with E-state index in [0.29, 0.717) is 13.2 Å². The van der Waals surface area contributed by atoms with Crippen LogP contribution in [-0.2, 0) is 16.7 Å². The van der Waals surface area contributed by atoms with Gasteiger partial charge in [0.25, 0.3) is 0 Å². The Morgan fingerprint density at radius 3 is 2.56 bits per heavy atom. The van der Waals surface area contributed by atoms with Gasteiger partial charge in [0.05, 0.1) is 13.2 Å². The molecule has 1 heterocycles. The molecule has 32 heavy (non-hydrogen) atoms. The van der Waals surface area contributed by atoms with E-state index in [4.69, 9.17) is 9.47 Å². The Balaban J connectivity index is 0.00000289. The monoisotopic (exact) mass is 550 g/mol. The number of benzene rings is 2. The number of nitrogens with zero attached hydrogens (tertiary/aromatic N) is 2. The molecule has 0 spiro atoms. The van der Waals surface area contributed by atoms with Crippen molar-refractivity contribution in [2.24, 2.45) is 4.99 Å². The van der Waals surface area contributed by atoms with Gasteiger partial charge < -0.3 is 20.1 Å². The maximum Gasteiger partial charge on any atom is 0.191 e. The molecule has 1 aliphatic heterocycles. The number of hydrogen-bond acceptors (Lipinski definition) is 4. The van der Waals surface area contributed by atoms with Gasteiger partial charge in [0.1, 0.15) is 12.4 Å². The Kier molecular flexibility index (Phi) is 9.62. The summed E-state index contributed by atoms with van der Waals surface area (Å²) in [5.41, 5.74) is 2.85. The highest BCUT2D eigenvalue weighted by atomic mass is 127. The quantitative estimate of drug-likeness (QED) is 0.285. The van der Waals surface area contributed by atoms with Crippen LogP contribution < -0.4 is 15.4 Å². The fraction of sp³-hybridized carbons (Fsp3) is 0.480. The lowest BCUT2D eigenvalue weighted by molar-refractivity contribution is 0.0322. The molecular formula is C25H35IN4O2. The van der Waals surface area contributed by atoms with Crippen molar-refractivity contribution in [2.75, 3.05) is 53.0 Å². The minimum Gasteiger partial charge on any atom is -0.492 e. The van der Waals surface area contributed by atoms with Crippen molar-refractivity contribution in [1.29, 1.82) is 0 Å². The van der Waals surface area contributed by atoms with E-state index in [2.05, 4.69) is 63.0 Å². The molecule has 2 fully saturated rings. The summed E-state index contributed by atoms with van der Waals surface area (Å²) in [6.07, 6.45) is 2.45. The minimum absolute atomic E-state index is 0. The summed E-state index contributed by atoms with van der Waals surface area (Å²) < 4.78 is 11.4. The Morgan fingerprint density at radius 1 is 1.06 bits per heavy atom. The third-order valence-corrected chi connectivity index (χ3v) is 6.20. The molecule has 0 unspecified atom stereocenters. The molecule has 0 bridgehead atoms. The number of ether oxygens (including phenoxy) is 2. The molecule has 6 nitrogen and oxygen atoms in total. The molecule has 2 aromatic rings. The number of rotatable bonds is 9. The third kappa shape index (κ3) is 7.08. The van der Waals surface area contributed by atoms with Crippen LogP contribution in [-0.4, -0.2) is 63.9 Å². The van der Waals surface area contributed by atoms with E-state index in [1.54, 1.807) is 0 Å². The van der Waals surface area contributed by atoms with E-state index in [9.17, 15) is 0 Å². The van der Waals surface area contributed by atoms with Crippen LogP contribution in [0.1, 0.15) is 24.0 Å². The fourth-order valence-corrected chi connectivity index (χ4v) is 4.03. The van der Waals surface area contributed by atoms with E-state index in [0.717, 1.165) is 51.1 Å². The molecule has 2 N–H and O–H groups in total. The largest absolute Gasteiger partial charge is 0.492 e. The number of nitrogens with one attached hydrogen (secondary N) is 2. The Hall–Kier alpha value is -1.84. The van der Waals surface area contributed by atoms with Gasteiger partial charge in [-0.05, 0) is 36.1 Å². The number of halogens is 1. The highest BCUT2D eigenvalue weighted by Gasteiger charge is 2.43. The molecule has 0 atom stereocenters. The Labute approximate surface area is 208 Å². The lowest BCUT2D eigenvalue weighted by Gasteiger charge is -2.26. The van der Waals surface area contributed by atoms with Crippen LogP contribution in [0.3, 0.4) is 0 Å². The van der Waals surface area contributed by atoms with Crippen molar-refractivity contribution in [1.82, 2.24) is 15.5 Å². The summed E-state index contributed by atoms with van der Waals surface area (Å²) in [4.78, 5) is 6.78. The molecule has 0 amide bonds. The summed E-state index contributed by atoms with van der Waals surface area (Å²) in [7, 11) is 1.82. The second kappa shape index (κ2) is 12.4. The number of hydrogen-bond donors (Lipinski definition) is 2. The summed E-state index contributed by atoms with van der Waals surface area (Å²) in [5, 5.41) is 6.95. The predicted octanol–water partition coefficient (Wildman–Crippen LogP) is 3.41. The van der Waals surface area contributed by atoms with Crippen molar-refractivity contribution >= 4 is 29.9 Å². The van der Waals surface area contributed by atoms with Gasteiger partial charge in [-0.3, -0.25) is 9.89 Å². The normalized spacial score (nSPS) is 17.8. The maximum atomic E-state index is 5.98. The zero-order valence-electron chi connectivity index (χ0n) is 18.9. The molecule has 1 aliphatic carbocycles. The third-order valence-electron chi connectivity index (χ3n) is 6.20. The van der Waals surface area contributed by atoms with E-state index in [1.807, 2.05) is 19.2 Å². The molecule has 7 heteroatoms. The summed E-state index contributed by atoms with van der Waals surface area (Å²) in [6.45, 7) is 6.87. The maximum absolute atomic E-state index is 5.98. The molecule has 2 aromatic carbocycles. The van der Waals surface area contributed by atoms with Gasteiger partial charge in [0, 0.05) is 45.2 Å². The van der Waals surface area contributed by atoms with Crippen molar-refractivity contribution in [3.8, 4) is 5.75 Å². The standard InChI is InChI=1S/C25H34N4O2.HI/c1-26-24(28-20-25(10-11-25)22-7-3-2-4-8-22)27-19-21-6-5-9-23(18-21)31-17-14-29-12-15-30-16-13-29;/h2-9,18H,10-17,19-20H2,1H3,(H2,26,27,28);1H. The average molecular weight is 550 g/mol. The zero-order valence-corrected chi connectivity index (χ0v) is 21.2. The zero-order chi connectivity index (χ0) is 21.4. The highest BCUT2D eigenvalue weighted by Crippen LogP contribution is 2.47. The van der Waals surface area contributed by atoms with Gasteiger partial charge in [-0.1, -0.05) is 42.5 Å². The van der Waals surface area contributed by atoms with Crippen LogP contribution in [0, 0.1) is 0 Å². The lowest BCUT2D eigenvalue weighted by atomic mass is 9.96. The second-order valence-corrected chi connectivity index (χ2v) is 8.38. The van der Waals surface area contributed by atoms with Crippen LogP contribution in [0.25, 0.3) is 0 Å². The van der Waals surface area contributed by atoms with Crippen molar-refractivity contribution in [3.05, 3.63) is 65.7 Å². The van der Waals surface area contributed by atoms with Crippen LogP contribution in [0.15, 0.2) is 59.6 Å². The van der Waals surface area contributed by atoms with Gasteiger partial charge in [-0.25, -0.2) is 0 Å². The number of guanidine groups is 1. The minimum atomic E-state index is 0. The van der Waals surface area contributed by atoms with E-state index < -0.39 is 0 Å². The van der Waals surface area contributed by atoms with Gasteiger partial charge >= 0.3 is 0 Å². The fourth-order valence-electron chi connectivity index (χ4n) is 4.03. The smallest absolute Gasteiger partial charge is 0.191 e. The first kappa shape index (κ1) is 24.8. The van der Waals surface area contributed by atoms with Gasteiger partial charge in [-0.2, -0.15) is 0 Å². The van der Waals surface area contributed by atoms with E-state index in [-0.39, 0.29) is 29.4 Å². The molecule has 2 aliphatic rings. The highest BCUT2D eigenvalue weighted by molar-refractivity contribution is 14.0. The van der Waals surface area contributed by atoms with Crippen molar-refractivity contribution in [3.63, 3.8) is 0 Å². The summed E-state index contributed by atoms with van der Waals surface area (Å²) >= 11 is 0. The Bertz CT molecular complexity index is 852. The van der Waals surface area contributed by atoms with E-state index in [1.165, 1.54) is 24.0 Å². The van der Waals surface area contributed by atoms with Gasteiger partial charge in [0.2, 0.25) is 0 Å². The van der Waals surface area contributed by atoms with Crippen LogP contribution in [0.4, 0.5) is 0 Å². The molecule has 4 rings (SSSR count). The first-order chi connectivity index (χ1) is 15.3. The summed E-state index contributed by atoms with van der Waals surface area (Å²) in [6, 6.07) is 19.1. The number of aliphatic imine (C=N–C) groups is 1. The molecule has 1 saturated heterocycles.